The first-order chi connectivity index (χ1) is 18.5. The van der Waals surface area contributed by atoms with Crippen LogP contribution >= 0.6 is 0 Å². The standard InChI is InChI=1S/C26H28N6O6/c27-7-9-31(12-17-10-20-16(11-28)2-1-3-19(20)24(17)37-15-33)8-6-18-13-32(26(35)38-18)22-5-4-21-25(29-22)30-23(34)14-36-21/h1-5,15,17-18,24H,6-10,12-14,27H2,(H,29,30,34). The van der Waals surface area contributed by atoms with Gasteiger partial charge in [-0.15, -0.1) is 0 Å². The maximum atomic E-state index is 12.6. The molecule has 198 valence electrons. The number of nitrogens with two attached hydrogens (primary N) is 1. The highest BCUT2D eigenvalue weighted by atomic mass is 16.6. The molecule has 1 saturated heterocycles. The highest BCUT2D eigenvalue weighted by Crippen LogP contribution is 2.40. The van der Waals surface area contributed by atoms with Gasteiger partial charge >= 0.3 is 6.09 Å². The summed E-state index contributed by atoms with van der Waals surface area (Å²) in [6, 6.07) is 11.0. The molecular weight excluding hydrogens is 492 g/mol. The topological polar surface area (TPSA) is 160 Å². The van der Waals surface area contributed by atoms with Crippen LogP contribution in [0.3, 0.4) is 0 Å². The van der Waals surface area contributed by atoms with Crippen LogP contribution in [-0.2, 0) is 25.5 Å². The molecule has 12 heteroatoms. The summed E-state index contributed by atoms with van der Waals surface area (Å²) in [6.07, 6.45) is -0.120. The number of hydrogen-bond acceptors (Lipinski definition) is 10. The summed E-state index contributed by atoms with van der Waals surface area (Å²) in [4.78, 5) is 43.4. The number of amides is 2. The Morgan fingerprint density at radius 3 is 2.95 bits per heavy atom. The second-order valence-electron chi connectivity index (χ2n) is 9.45. The van der Waals surface area contributed by atoms with Gasteiger partial charge in [0, 0.05) is 32.1 Å². The molecule has 1 aliphatic carbocycles. The number of carbonyl (C=O) groups is 3. The summed E-state index contributed by atoms with van der Waals surface area (Å²) in [5.41, 5.74) is 8.26. The van der Waals surface area contributed by atoms with Gasteiger partial charge < -0.3 is 30.2 Å². The van der Waals surface area contributed by atoms with Gasteiger partial charge in [-0.3, -0.25) is 14.5 Å². The van der Waals surface area contributed by atoms with E-state index < -0.39 is 12.2 Å². The van der Waals surface area contributed by atoms with Crippen LogP contribution in [0.15, 0.2) is 30.3 Å². The second kappa shape index (κ2) is 11.0. The minimum absolute atomic E-state index is 0.0315. The van der Waals surface area contributed by atoms with Gasteiger partial charge in [0.15, 0.2) is 18.2 Å². The number of hydrogen-bond donors (Lipinski definition) is 2. The SMILES string of the molecule is N#Cc1cccc2c1CC(CN(CCN)CCC1CN(c3ccc4c(n3)NC(=O)CO4)C(=O)O1)C2OC=O. The summed E-state index contributed by atoms with van der Waals surface area (Å²) >= 11 is 0. The third kappa shape index (κ3) is 5.11. The number of pyridine rings is 1. The van der Waals surface area contributed by atoms with E-state index in [0.29, 0.717) is 69.2 Å². The third-order valence-corrected chi connectivity index (χ3v) is 7.05. The molecule has 1 aromatic carbocycles. The predicted molar refractivity (Wildman–Crippen MR) is 134 cm³/mol. The van der Waals surface area contributed by atoms with Crippen molar-refractivity contribution in [3.8, 4) is 11.8 Å². The lowest BCUT2D eigenvalue weighted by atomic mass is 10.0. The molecule has 38 heavy (non-hydrogen) atoms. The van der Waals surface area contributed by atoms with Crippen molar-refractivity contribution in [2.45, 2.75) is 25.0 Å². The fourth-order valence-electron chi connectivity index (χ4n) is 5.33. The molecule has 0 saturated carbocycles. The maximum absolute atomic E-state index is 12.6. The van der Waals surface area contributed by atoms with Crippen LogP contribution in [0.2, 0.25) is 0 Å². The molecule has 3 aliphatic rings. The van der Waals surface area contributed by atoms with Crippen molar-refractivity contribution in [1.82, 2.24) is 9.88 Å². The Kier molecular flexibility index (Phi) is 7.39. The fraction of sp³-hybridized carbons (Fsp3) is 0.423. The minimum atomic E-state index is -0.509. The van der Waals surface area contributed by atoms with Crippen LogP contribution in [0, 0.1) is 17.2 Å². The molecule has 0 spiro atoms. The molecule has 3 atom stereocenters. The van der Waals surface area contributed by atoms with E-state index in [-0.39, 0.29) is 30.4 Å². The van der Waals surface area contributed by atoms with E-state index in [0.717, 1.165) is 11.1 Å². The molecule has 2 aliphatic heterocycles. The number of nitrogens with zero attached hydrogens (tertiary/aromatic N) is 4. The minimum Gasteiger partial charge on any atom is -0.480 e. The Balaban J connectivity index is 1.22. The summed E-state index contributed by atoms with van der Waals surface area (Å²) in [6.45, 7) is 2.96. The smallest absolute Gasteiger partial charge is 0.415 e. The first kappa shape index (κ1) is 25.4. The van der Waals surface area contributed by atoms with E-state index in [9.17, 15) is 19.6 Å². The van der Waals surface area contributed by atoms with Crippen molar-refractivity contribution in [3.05, 3.63) is 47.0 Å². The highest BCUT2D eigenvalue weighted by Gasteiger charge is 2.38. The van der Waals surface area contributed by atoms with Gasteiger partial charge in [-0.1, -0.05) is 12.1 Å². The van der Waals surface area contributed by atoms with Gasteiger partial charge in [0.1, 0.15) is 18.0 Å². The Morgan fingerprint density at radius 1 is 1.29 bits per heavy atom. The summed E-state index contributed by atoms with van der Waals surface area (Å²) in [7, 11) is 0. The van der Waals surface area contributed by atoms with E-state index in [2.05, 4.69) is 21.3 Å². The molecule has 3 N–H and O–H groups in total. The second-order valence-corrected chi connectivity index (χ2v) is 9.45. The number of fused-ring (bicyclic) bond motifs is 2. The zero-order chi connectivity index (χ0) is 26.6. The third-order valence-electron chi connectivity index (χ3n) is 7.05. The van der Waals surface area contributed by atoms with Crippen LogP contribution in [-0.4, -0.2) is 73.8 Å². The molecule has 3 heterocycles. The summed E-state index contributed by atoms with van der Waals surface area (Å²) < 4.78 is 16.4. The van der Waals surface area contributed by atoms with Crippen LogP contribution in [0.5, 0.6) is 5.75 Å². The monoisotopic (exact) mass is 520 g/mol. The molecule has 3 unspecified atom stereocenters. The van der Waals surface area contributed by atoms with Gasteiger partial charge in [-0.25, -0.2) is 9.78 Å². The summed E-state index contributed by atoms with van der Waals surface area (Å²) in [5, 5.41) is 12.2. The van der Waals surface area contributed by atoms with Crippen molar-refractivity contribution in [3.63, 3.8) is 0 Å². The largest absolute Gasteiger partial charge is 0.480 e. The highest BCUT2D eigenvalue weighted by molar-refractivity contribution is 5.95. The van der Waals surface area contributed by atoms with Crippen LogP contribution in [0.1, 0.15) is 29.2 Å². The number of benzene rings is 1. The Labute approximate surface area is 219 Å². The van der Waals surface area contributed by atoms with Crippen LogP contribution in [0.25, 0.3) is 0 Å². The molecule has 5 rings (SSSR count). The first-order valence-electron chi connectivity index (χ1n) is 12.5. The van der Waals surface area contributed by atoms with E-state index in [4.69, 9.17) is 19.9 Å². The van der Waals surface area contributed by atoms with Gasteiger partial charge in [0.2, 0.25) is 0 Å². The van der Waals surface area contributed by atoms with Gasteiger partial charge in [-0.2, -0.15) is 5.26 Å². The zero-order valence-corrected chi connectivity index (χ0v) is 20.7. The van der Waals surface area contributed by atoms with E-state index in [1.807, 2.05) is 6.07 Å². The molecule has 12 nitrogen and oxygen atoms in total. The van der Waals surface area contributed by atoms with E-state index >= 15 is 0 Å². The van der Waals surface area contributed by atoms with Gasteiger partial charge in [0.05, 0.1) is 18.2 Å². The number of anilines is 2. The fourth-order valence-corrected chi connectivity index (χ4v) is 5.33. The van der Waals surface area contributed by atoms with Crippen molar-refractivity contribution in [2.75, 3.05) is 49.5 Å². The lowest BCUT2D eigenvalue weighted by Gasteiger charge is -2.28. The lowest BCUT2D eigenvalue weighted by molar-refractivity contribution is -0.136. The number of rotatable bonds is 10. The number of nitriles is 1. The van der Waals surface area contributed by atoms with Crippen molar-refractivity contribution in [1.29, 1.82) is 5.26 Å². The quantitative estimate of drug-likeness (QED) is 0.438. The predicted octanol–water partition coefficient (Wildman–Crippen LogP) is 1.35. The first-order valence-corrected chi connectivity index (χ1v) is 12.5. The normalized spacial score (nSPS) is 21.7. The molecule has 0 radical (unpaired) electrons. The van der Waals surface area contributed by atoms with Crippen LogP contribution < -0.4 is 20.7 Å². The van der Waals surface area contributed by atoms with E-state index in [1.54, 1.807) is 24.3 Å². The van der Waals surface area contributed by atoms with Crippen molar-refractivity contribution >= 4 is 30.1 Å². The Morgan fingerprint density at radius 2 is 2.16 bits per heavy atom. The molecule has 2 aromatic rings. The maximum Gasteiger partial charge on any atom is 0.415 e. The lowest BCUT2D eigenvalue weighted by Crippen LogP contribution is -2.37. The Bertz CT molecular complexity index is 1280. The zero-order valence-electron chi connectivity index (χ0n) is 20.7. The number of cyclic esters (lactones) is 1. The molecule has 0 bridgehead atoms. The molecule has 1 fully saturated rings. The molecule has 1 aromatic heterocycles. The number of nitrogens with one attached hydrogen (secondary N) is 1. The summed E-state index contributed by atoms with van der Waals surface area (Å²) in [5.74, 6) is 0.748. The Hall–Kier alpha value is -4.21. The van der Waals surface area contributed by atoms with E-state index in [1.165, 1.54) is 4.90 Å². The van der Waals surface area contributed by atoms with Gasteiger partial charge in [0.25, 0.3) is 12.4 Å². The van der Waals surface area contributed by atoms with Crippen molar-refractivity contribution < 1.29 is 28.6 Å². The van der Waals surface area contributed by atoms with Gasteiger partial charge in [-0.05, 0) is 42.2 Å². The van der Waals surface area contributed by atoms with Crippen LogP contribution in [0.4, 0.5) is 16.4 Å². The number of ether oxygens (including phenoxy) is 3. The molecular formula is C26H28N6O6. The molecule has 2 amide bonds. The van der Waals surface area contributed by atoms with Crippen molar-refractivity contribution in [2.24, 2.45) is 11.7 Å². The average Bonchev–Trinajstić information content (AvgIpc) is 3.46. The number of aromatic nitrogens is 1. The number of carbonyl (C=O) groups excluding carboxylic acids is 3. The average molecular weight is 521 g/mol.